The first kappa shape index (κ1) is 9.65. The molecule has 15 heavy (non-hydrogen) atoms. The molecule has 0 spiro atoms. The van der Waals surface area contributed by atoms with E-state index in [9.17, 15) is 0 Å². The predicted molar refractivity (Wildman–Crippen MR) is 59.7 cm³/mol. The van der Waals surface area contributed by atoms with Crippen LogP contribution in [0.5, 0.6) is 0 Å². The highest BCUT2D eigenvalue weighted by atomic mass is 16.5. The molecule has 0 radical (unpaired) electrons. The molecule has 0 bridgehead atoms. The zero-order valence-corrected chi connectivity index (χ0v) is 8.77. The van der Waals surface area contributed by atoms with Gasteiger partial charge < -0.3 is 4.52 Å². The van der Waals surface area contributed by atoms with Gasteiger partial charge in [0.15, 0.2) is 0 Å². The highest BCUT2D eigenvalue weighted by Crippen LogP contribution is 2.20. The number of hydrogen-bond acceptors (Lipinski definition) is 3. The van der Waals surface area contributed by atoms with Gasteiger partial charge in [-0.05, 0) is 19.4 Å². The van der Waals surface area contributed by atoms with Crippen LogP contribution in [0.3, 0.4) is 0 Å². The van der Waals surface area contributed by atoms with Gasteiger partial charge in [0, 0.05) is 11.8 Å². The zero-order chi connectivity index (χ0) is 10.7. The van der Waals surface area contributed by atoms with Crippen molar-refractivity contribution >= 4 is 12.1 Å². The maximum absolute atomic E-state index is 5.07. The van der Waals surface area contributed by atoms with Gasteiger partial charge in [-0.15, -0.1) is 0 Å². The van der Waals surface area contributed by atoms with Gasteiger partial charge in [-0.1, -0.05) is 35.5 Å². The molecule has 76 valence electrons. The van der Waals surface area contributed by atoms with E-state index in [0.717, 1.165) is 16.8 Å². The van der Waals surface area contributed by atoms with Crippen LogP contribution in [0.15, 0.2) is 39.8 Å². The van der Waals surface area contributed by atoms with E-state index in [0.29, 0.717) is 5.88 Å². The third kappa shape index (κ3) is 2.13. The fourth-order valence-electron chi connectivity index (χ4n) is 1.20. The lowest BCUT2D eigenvalue weighted by atomic mass is 10.2. The number of aryl methyl sites for hydroxylation is 1. The largest absolute Gasteiger partial charge is 0.336 e. The molecule has 0 saturated heterocycles. The Morgan fingerprint density at radius 1 is 1.20 bits per heavy atom. The molecule has 1 aromatic carbocycles. The molecule has 0 aliphatic heterocycles. The van der Waals surface area contributed by atoms with Crippen LogP contribution in [-0.4, -0.2) is 11.4 Å². The van der Waals surface area contributed by atoms with Gasteiger partial charge >= 0.3 is 0 Å². The van der Waals surface area contributed by atoms with Crippen molar-refractivity contribution < 1.29 is 4.52 Å². The maximum Gasteiger partial charge on any atom is 0.253 e. The van der Waals surface area contributed by atoms with Crippen LogP contribution >= 0.6 is 0 Å². The second kappa shape index (κ2) is 4.09. The number of benzene rings is 1. The average Bonchev–Trinajstić information content (AvgIpc) is 2.59. The smallest absolute Gasteiger partial charge is 0.253 e. The second-order valence-corrected chi connectivity index (χ2v) is 3.37. The van der Waals surface area contributed by atoms with E-state index in [1.54, 1.807) is 6.21 Å². The first-order valence-corrected chi connectivity index (χ1v) is 4.79. The van der Waals surface area contributed by atoms with Crippen LogP contribution in [0.1, 0.15) is 16.8 Å². The van der Waals surface area contributed by atoms with Crippen molar-refractivity contribution in [2.75, 3.05) is 0 Å². The molecule has 0 unspecified atom stereocenters. The van der Waals surface area contributed by atoms with Gasteiger partial charge in [0.2, 0.25) is 0 Å². The molecule has 0 aliphatic carbocycles. The van der Waals surface area contributed by atoms with Crippen LogP contribution in [0.25, 0.3) is 0 Å². The van der Waals surface area contributed by atoms with E-state index >= 15 is 0 Å². The van der Waals surface area contributed by atoms with E-state index in [4.69, 9.17) is 4.52 Å². The lowest BCUT2D eigenvalue weighted by molar-refractivity contribution is 0.425. The summed E-state index contributed by atoms with van der Waals surface area (Å²) in [5.74, 6) is 0.580. The minimum absolute atomic E-state index is 0.580. The van der Waals surface area contributed by atoms with Crippen molar-refractivity contribution in [1.82, 2.24) is 5.16 Å². The number of aliphatic imine (C=N–C) groups is 1. The summed E-state index contributed by atoms with van der Waals surface area (Å²) in [5.41, 5.74) is 2.92. The highest BCUT2D eigenvalue weighted by molar-refractivity contribution is 5.81. The third-order valence-electron chi connectivity index (χ3n) is 2.26. The number of rotatable bonds is 2. The molecule has 2 rings (SSSR count). The quantitative estimate of drug-likeness (QED) is 0.699. The van der Waals surface area contributed by atoms with Crippen molar-refractivity contribution in [3.8, 4) is 0 Å². The SMILES string of the molecule is Cc1noc(/N=C/c2ccccc2)c1C. The van der Waals surface area contributed by atoms with E-state index in [1.165, 1.54) is 0 Å². The lowest BCUT2D eigenvalue weighted by Gasteiger charge is -1.90. The van der Waals surface area contributed by atoms with Crippen molar-refractivity contribution in [2.24, 2.45) is 4.99 Å². The summed E-state index contributed by atoms with van der Waals surface area (Å²) < 4.78 is 5.07. The molecule has 0 fully saturated rings. The fraction of sp³-hybridized carbons (Fsp3) is 0.167. The Labute approximate surface area is 88.4 Å². The van der Waals surface area contributed by atoms with Gasteiger partial charge in [0.05, 0.1) is 5.69 Å². The normalized spacial score (nSPS) is 11.1. The molecular weight excluding hydrogens is 188 g/mol. The van der Waals surface area contributed by atoms with Crippen molar-refractivity contribution in [3.63, 3.8) is 0 Å². The molecule has 3 nitrogen and oxygen atoms in total. The Morgan fingerprint density at radius 2 is 1.93 bits per heavy atom. The molecule has 0 atom stereocenters. The summed E-state index contributed by atoms with van der Waals surface area (Å²) in [4.78, 5) is 4.24. The minimum Gasteiger partial charge on any atom is -0.336 e. The molecular formula is C12H12N2O. The second-order valence-electron chi connectivity index (χ2n) is 3.37. The van der Waals surface area contributed by atoms with Crippen LogP contribution in [0, 0.1) is 13.8 Å². The van der Waals surface area contributed by atoms with Crippen molar-refractivity contribution in [2.45, 2.75) is 13.8 Å². The average molecular weight is 200 g/mol. The first-order valence-electron chi connectivity index (χ1n) is 4.79. The number of hydrogen-bond donors (Lipinski definition) is 0. The van der Waals surface area contributed by atoms with Gasteiger partial charge in [0.1, 0.15) is 0 Å². The Kier molecular flexibility index (Phi) is 2.63. The maximum atomic E-state index is 5.07. The van der Waals surface area contributed by atoms with E-state index in [-0.39, 0.29) is 0 Å². The Balaban J connectivity index is 2.23. The standard InChI is InChI=1S/C12H12N2O/c1-9-10(2)14-15-12(9)13-8-11-6-4-3-5-7-11/h3-8H,1-2H3/b13-8+. The molecule has 2 aromatic rings. The van der Waals surface area contributed by atoms with E-state index < -0.39 is 0 Å². The zero-order valence-electron chi connectivity index (χ0n) is 8.77. The summed E-state index contributed by atoms with van der Waals surface area (Å²) in [7, 11) is 0. The first-order chi connectivity index (χ1) is 7.27. The fourth-order valence-corrected chi connectivity index (χ4v) is 1.20. The summed E-state index contributed by atoms with van der Waals surface area (Å²) >= 11 is 0. The summed E-state index contributed by atoms with van der Waals surface area (Å²) in [6, 6.07) is 9.89. The highest BCUT2D eigenvalue weighted by Gasteiger charge is 2.05. The molecule has 3 heteroatoms. The third-order valence-corrected chi connectivity index (χ3v) is 2.26. The summed E-state index contributed by atoms with van der Waals surface area (Å²) in [6.07, 6.45) is 1.77. The minimum atomic E-state index is 0.580. The molecule has 1 aromatic heterocycles. The Morgan fingerprint density at radius 3 is 2.53 bits per heavy atom. The Hall–Kier alpha value is -1.90. The topological polar surface area (TPSA) is 38.4 Å². The van der Waals surface area contributed by atoms with Gasteiger partial charge in [-0.3, -0.25) is 0 Å². The lowest BCUT2D eigenvalue weighted by Crippen LogP contribution is -1.78. The van der Waals surface area contributed by atoms with Gasteiger partial charge in [-0.2, -0.15) is 0 Å². The molecule has 0 N–H and O–H groups in total. The van der Waals surface area contributed by atoms with E-state index in [2.05, 4.69) is 10.1 Å². The van der Waals surface area contributed by atoms with Crippen LogP contribution in [0.2, 0.25) is 0 Å². The predicted octanol–water partition coefficient (Wildman–Crippen LogP) is 3.04. The number of aromatic nitrogens is 1. The summed E-state index contributed by atoms with van der Waals surface area (Å²) in [6.45, 7) is 3.85. The van der Waals surface area contributed by atoms with Crippen LogP contribution < -0.4 is 0 Å². The van der Waals surface area contributed by atoms with E-state index in [1.807, 2.05) is 44.2 Å². The molecule has 1 heterocycles. The summed E-state index contributed by atoms with van der Waals surface area (Å²) in [5, 5.41) is 3.84. The molecule has 0 saturated carbocycles. The monoisotopic (exact) mass is 200 g/mol. The van der Waals surface area contributed by atoms with Gasteiger partial charge in [0.25, 0.3) is 5.88 Å². The van der Waals surface area contributed by atoms with Crippen LogP contribution in [0.4, 0.5) is 5.88 Å². The van der Waals surface area contributed by atoms with Crippen LogP contribution in [-0.2, 0) is 0 Å². The van der Waals surface area contributed by atoms with Gasteiger partial charge in [-0.25, -0.2) is 4.99 Å². The van der Waals surface area contributed by atoms with Crippen molar-refractivity contribution in [1.29, 1.82) is 0 Å². The van der Waals surface area contributed by atoms with Crippen molar-refractivity contribution in [3.05, 3.63) is 47.2 Å². The number of nitrogens with zero attached hydrogens (tertiary/aromatic N) is 2. The molecule has 0 amide bonds. The Bertz CT molecular complexity index is 472. The molecule has 0 aliphatic rings.